The molecule has 0 aliphatic rings. The zero-order valence-electron chi connectivity index (χ0n) is 14.5. The van der Waals surface area contributed by atoms with Crippen LogP contribution in [0.5, 0.6) is 0 Å². The van der Waals surface area contributed by atoms with Crippen LogP contribution in [-0.4, -0.2) is 6.54 Å². The third-order valence-electron chi connectivity index (χ3n) is 4.37. The summed E-state index contributed by atoms with van der Waals surface area (Å²) in [7, 11) is 0. The van der Waals surface area contributed by atoms with E-state index in [1.54, 1.807) is 0 Å². The van der Waals surface area contributed by atoms with Crippen LogP contribution in [0, 0.1) is 5.92 Å². The quantitative estimate of drug-likeness (QED) is 0.123. The standard InChI is InChI=1S/C18H37N3/c1-3-5-10-14-18(15-11-6-4-2)16-12-8-7-9-13-17-20-21-19/h18H,3-17H2,1-2H3. The van der Waals surface area contributed by atoms with Crippen molar-refractivity contribution in [1.29, 1.82) is 0 Å². The number of rotatable bonds is 16. The first-order valence-corrected chi connectivity index (χ1v) is 9.36. The van der Waals surface area contributed by atoms with Crippen molar-refractivity contribution < 1.29 is 0 Å². The molecule has 0 spiro atoms. The topological polar surface area (TPSA) is 48.8 Å². The molecule has 0 aliphatic heterocycles. The predicted octanol–water partition coefficient (Wildman–Crippen LogP) is 7.41. The van der Waals surface area contributed by atoms with Crippen LogP contribution in [0.3, 0.4) is 0 Å². The number of hydrogen-bond acceptors (Lipinski definition) is 1. The normalized spacial score (nSPS) is 10.8. The van der Waals surface area contributed by atoms with Crippen LogP contribution >= 0.6 is 0 Å². The molecule has 3 heteroatoms. The monoisotopic (exact) mass is 295 g/mol. The highest BCUT2D eigenvalue weighted by Crippen LogP contribution is 2.23. The van der Waals surface area contributed by atoms with Crippen molar-refractivity contribution in [2.24, 2.45) is 11.0 Å². The van der Waals surface area contributed by atoms with Crippen molar-refractivity contribution in [3.8, 4) is 0 Å². The Balaban J connectivity index is 3.60. The van der Waals surface area contributed by atoms with Crippen molar-refractivity contribution >= 4 is 0 Å². The van der Waals surface area contributed by atoms with Crippen LogP contribution < -0.4 is 0 Å². The van der Waals surface area contributed by atoms with Gasteiger partial charge in [-0.05, 0) is 17.9 Å². The van der Waals surface area contributed by atoms with Gasteiger partial charge < -0.3 is 0 Å². The third kappa shape index (κ3) is 15.5. The summed E-state index contributed by atoms with van der Waals surface area (Å²) in [5.74, 6) is 0.978. The molecule has 0 heterocycles. The van der Waals surface area contributed by atoms with Gasteiger partial charge >= 0.3 is 0 Å². The molecule has 0 saturated heterocycles. The van der Waals surface area contributed by atoms with Crippen LogP contribution in [0.2, 0.25) is 0 Å². The lowest BCUT2D eigenvalue weighted by Gasteiger charge is -2.16. The van der Waals surface area contributed by atoms with Crippen LogP contribution in [0.25, 0.3) is 10.4 Å². The van der Waals surface area contributed by atoms with Crippen LogP contribution in [0.15, 0.2) is 5.11 Å². The van der Waals surface area contributed by atoms with E-state index in [1.807, 2.05) is 0 Å². The van der Waals surface area contributed by atoms with E-state index in [2.05, 4.69) is 23.9 Å². The first-order chi connectivity index (χ1) is 10.3. The van der Waals surface area contributed by atoms with E-state index < -0.39 is 0 Å². The van der Waals surface area contributed by atoms with E-state index in [4.69, 9.17) is 5.53 Å². The number of unbranched alkanes of at least 4 members (excludes halogenated alkanes) is 8. The molecular formula is C18H37N3. The molecule has 0 saturated carbocycles. The summed E-state index contributed by atoms with van der Waals surface area (Å²) < 4.78 is 0. The van der Waals surface area contributed by atoms with Crippen molar-refractivity contribution in [1.82, 2.24) is 0 Å². The minimum Gasteiger partial charge on any atom is -0.0940 e. The Hall–Kier alpha value is -0.690. The minimum atomic E-state index is 0.674. The number of nitrogens with zero attached hydrogens (tertiary/aromatic N) is 3. The van der Waals surface area contributed by atoms with Crippen LogP contribution in [-0.2, 0) is 0 Å². The highest BCUT2D eigenvalue weighted by molar-refractivity contribution is 4.61. The highest BCUT2D eigenvalue weighted by Gasteiger charge is 2.08. The summed E-state index contributed by atoms with van der Waals surface area (Å²) in [6, 6.07) is 0. The van der Waals surface area contributed by atoms with E-state index >= 15 is 0 Å². The molecule has 0 unspecified atom stereocenters. The zero-order chi connectivity index (χ0) is 15.6. The van der Waals surface area contributed by atoms with Gasteiger partial charge in [-0.15, -0.1) is 0 Å². The second kappa shape index (κ2) is 17.4. The second-order valence-electron chi connectivity index (χ2n) is 6.37. The van der Waals surface area contributed by atoms with Gasteiger partial charge in [0.15, 0.2) is 0 Å². The van der Waals surface area contributed by atoms with E-state index in [1.165, 1.54) is 83.5 Å². The predicted molar refractivity (Wildman–Crippen MR) is 93.5 cm³/mol. The molecule has 3 nitrogen and oxygen atoms in total. The van der Waals surface area contributed by atoms with Gasteiger partial charge in [0, 0.05) is 11.5 Å². The van der Waals surface area contributed by atoms with E-state index in [0.717, 1.165) is 12.3 Å². The molecule has 0 aromatic heterocycles. The molecule has 21 heavy (non-hydrogen) atoms. The Bertz CT molecular complexity index is 237. The summed E-state index contributed by atoms with van der Waals surface area (Å²) in [5, 5.41) is 3.58. The van der Waals surface area contributed by atoms with Gasteiger partial charge in [0.1, 0.15) is 0 Å². The maximum absolute atomic E-state index is 8.20. The SMILES string of the molecule is CCCCCC(CCCCC)CCCCCCCN=[N+]=[N-]. The van der Waals surface area contributed by atoms with Gasteiger partial charge in [-0.2, -0.15) is 0 Å². The molecular weight excluding hydrogens is 258 g/mol. The molecule has 0 aromatic rings. The fraction of sp³-hybridized carbons (Fsp3) is 1.00. The third-order valence-corrected chi connectivity index (χ3v) is 4.37. The molecule has 0 aliphatic carbocycles. The summed E-state index contributed by atoms with van der Waals surface area (Å²) >= 11 is 0. The molecule has 0 atom stereocenters. The van der Waals surface area contributed by atoms with Gasteiger partial charge in [0.05, 0.1) is 0 Å². The molecule has 124 valence electrons. The summed E-state index contributed by atoms with van der Waals surface area (Å²) in [5.41, 5.74) is 8.20. The first kappa shape index (κ1) is 20.3. The highest BCUT2D eigenvalue weighted by atomic mass is 15.1. The average Bonchev–Trinajstić information content (AvgIpc) is 2.49. The van der Waals surface area contributed by atoms with Crippen LogP contribution in [0.1, 0.15) is 104 Å². The fourth-order valence-corrected chi connectivity index (χ4v) is 2.99. The Morgan fingerprint density at radius 2 is 1.19 bits per heavy atom. The Labute approximate surface area is 132 Å². The van der Waals surface area contributed by atoms with Crippen molar-refractivity contribution in [2.45, 2.75) is 104 Å². The average molecular weight is 296 g/mol. The number of azide groups is 1. The summed E-state index contributed by atoms with van der Waals surface area (Å²) in [4.78, 5) is 2.79. The van der Waals surface area contributed by atoms with E-state index in [-0.39, 0.29) is 0 Å². The van der Waals surface area contributed by atoms with Crippen LogP contribution in [0.4, 0.5) is 0 Å². The summed E-state index contributed by atoms with van der Waals surface area (Å²) in [6.07, 6.45) is 19.0. The zero-order valence-corrected chi connectivity index (χ0v) is 14.5. The molecule has 0 radical (unpaired) electrons. The van der Waals surface area contributed by atoms with Gasteiger partial charge in [-0.3, -0.25) is 0 Å². The lowest BCUT2D eigenvalue weighted by molar-refractivity contribution is 0.370. The van der Waals surface area contributed by atoms with Gasteiger partial charge in [-0.25, -0.2) is 0 Å². The molecule has 0 aromatic carbocycles. The smallest absolute Gasteiger partial charge is 0.0257 e. The Kier molecular flexibility index (Phi) is 16.8. The Morgan fingerprint density at radius 3 is 1.71 bits per heavy atom. The van der Waals surface area contributed by atoms with Gasteiger partial charge in [-0.1, -0.05) is 102 Å². The van der Waals surface area contributed by atoms with Gasteiger partial charge in [0.25, 0.3) is 0 Å². The second-order valence-corrected chi connectivity index (χ2v) is 6.37. The molecule has 0 rings (SSSR count). The largest absolute Gasteiger partial charge is 0.0940 e. The molecule has 0 bridgehead atoms. The minimum absolute atomic E-state index is 0.674. The van der Waals surface area contributed by atoms with Crippen molar-refractivity contribution in [2.75, 3.05) is 6.54 Å². The van der Waals surface area contributed by atoms with E-state index in [0.29, 0.717) is 6.54 Å². The molecule has 0 fully saturated rings. The Morgan fingerprint density at radius 1 is 0.714 bits per heavy atom. The van der Waals surface area contributed by atoms with Crippen molar-refractivity contribution in [3.05, 3.63) is 10.4 Å². The fourth-order valence-electron chi connectivity index (χ4n) is 2.99. The van der Waals surface area contributed by atoms with E-state index in [9.17, 15) is 0 Å². The molecule has 0 amide bonds. The van der Waals surface area contributed by atoms with Gasteiger partial charge in [0.2, 0.25) is 0 Å². The first-order valence-electron chi connectivity index (χ1n) is 9.36. The lowest BCUT2D eigenvalue weighted by atomic mass is 9.90. The van der Waals surface area contributed by atoms with Crippen molar-refractivity contribution in [3.63, 3.8) is 0 Å². The maximum Gasteiger partial charge on any atom is 0.0257 e. The number of hydrogen-bond donors (Lipinski definition) is 0. The molecule has 0 N–H and O–H groups in total. The summed E-state index contributed by atoms with van der Waals surface area (Å²) in [6.45, 7) is 5.26. The maximum atomic E-state index is 8.20. The lowest BCUT2D eigenvalue weighted by Crippen LogP contribution is -2.01.